The van der Waals surface area contributed by atoms with Gasteiger partial charge in [-0.25, -0.2) is 0 Å². The fourth-order valence-corrected chi connectivity index (χ4v) is 2.84. The number of hydrogen-bond donors (Lipinski definition) is 1. The van der Waals surface area contributed by atoms with Crippen molar-refractivity contribution in [3.8, 4) is 5.75 Å². The van der Waals surface area contributed by atoms with Crippen LogP contribution in [0.5, 0.6) is 5.75 Å². The predicted octanol–water partition coefficient (Wildman–Crippen LogP) is 1.06. The van der Waals surface area contributed by atoms with Gasteiger partial charge in [0.25, 0.3) is 5.91 Å². The molecule has 2 N–H and O–H groups in total. The maximum Gasteiger partial charge on any atom is 0.250 e. The van der Waals surface area contributed by atoms with Crippen molar-refractivity contribution in [3.63, 3.8) is 0 Å². The van der Waals surface area contributed by atoms with Crippen molar-refractivity contribution in [2.24, 2.45) is 5.73 Å². The monoisotopic (exact) mass is 238 g/mol. The van der Waals surface area contributed by atoms with Gasteiger partial charge in [0.2, 0.25) is 0 Å². The number of amides is 1. The Bertz CT molecular complexity index is 380. The molecule has 0 aromatic heterocycles. The highest BCUT2D eigenvalue weighted by Crippen LogP contribution is 2.30. The molecule has 16 heavy (non-hydrogen) atoms. The molecule has 1 aliphatic heterocycles. The summed E-state index contributed by atoms with van der Waals surface area (Å²) in [5.74, 6) is 1.46. The molecular weight excluding hydrogens is 224 g/mol. The molecule has 1 unspecified atom stereocenters. The molecule has 0 spiro atoms. The van der Waals surface area contributed by atoms with E-state index < -0.39 is 0 Å². The Balaban J connectivity index is 2.19. The maximum atomic E-state index is 11.2. The predicted molar refractivity (Wildman–Crippen MR) is 65.8 cm³/mol. The number of benzene rings is 1. The number of carbonyl (C=O) groups is 1. The number of anilines is 1. The average molecular weight is 238 g/mol. The van der Waals surface area contributed by atoms with Crippen molar-refractivity contribution < 1.29 is 9.53 Å². The molecule has 2 rings (SSSR count). The van der Waals surface area contributed by atoms with Crippen LogP contribution in [0.2, 0.25) is 0 Å². The summed E-state index contributed by atoms with van der Waals surface area (Å²) in [6, 6.07) is 7.66. The summed E-state index contributed by atoms with van der Waals surface area (Å²) < 4.78 is 5.09. The van der Waals surface area contributed by atoms with Crippen LogP contribution in [-0.2, 0) is 4.79 Å². The molecule has 0 radical (unpaired) electrons. The average Bonchev–Trinajstić information content (AvgIpc) is 2.78. The molecule has 86 valence electrons. The molecule has 0 bridgehead atoms. The first-order valence-electron chi connectivity index (χ1n) is 5.04. The van der Waals surface area contributed by atoms with Crippen LogP contribution in [0.25, 0.3) is 0 Å². The first-order valence-corrected chi connectivity index (χ1v) is 6.09. The summed E-state index contributed by atoms with van der Waals surface area (Å²) in [4.78, 5) is 13.3. The maximum absolute atomic E-state index is 11.2. The summed E-state index contributed by atoms with van der Waals surface area (Å²) in [6.07, 6.45) is 0. The standard InChI is InChI=1S/C11H14N2O2S/c1-15-9-4-2-8(3-5-9)13-6-7-16-11(13)10(12)14/h2-5,11H,6-7H2,1H3,(H2,12,14). The Morgan fingerprint density at radius 2 is 2.19 bits per heavy atom. The van der Waals surface area contributed by atoms with Crippen LogP contribution >= 0.6 is 11.8 Å². The molecule has 1 atom stereocenters. The van der Waals surface area contributed by atoms with Crippen LogP contribution in [0.4, 0.5) is 5.69 Å². The molecular formula is C11H14N2O2S. The van der Waals surface area contributed by atoms with Gasteiger partial charge >= 0.3 is 0 Å². The minimum atomic E-state index is -0.279. The number of ether oxygens (including phenoxy) is 1. The molecule has 1 fully saturated rings. The SMILES string of the molecule is COc1ccc(N2CCSC2C(N)=O)cc1. The van der Waals surface area contributed by atoms with E-state index in [1.165, 1.54) is 0 Å². The second-order valence-corrected chi connectivity index (χ2v) is 4.71. The highest BCUT2D eigenvalue weighted by molar-refractivity contribution is 8.01. The van der Waals surface area contributed by atoms with Gasteiger partial charge in [-0.3, -0.25) is 4.79 Å². The summed E-state index contributed by atoms with van der Waals surface area (Å²) >= 11 is 1.58. The van der Waals surface area contributed by atoms with Gasteiger partial charge in [-0.05, 0) is 24.3 Å². The summed E-state index contributed by atoms with van der Waals surface area (Å²) in [5, 5.41) is -0.242. The van der Waals surface area contributed by atoms with Gasteiger partial charge in [0, 0.05) is 18.0 Å². The number of primary amides is 1. The van der Waals surface area contributed by atoms with Gasteiger partial charge in [-0.15, -0.1) is 11.8 Å². The van der Waals surface area contributed by atoms with Crippen molar-refractivity contribution >= 4 is 23.4 Å². The number of methoxy groups -OCH3 is 1. The van der Waals surface area contributed by atoms with E-state index in [9.17, 15) is 4.79 Å². The van der Waals surface area contributed by atoms with Crippen molar-refractivity contribution in [3.05, 3.63) is 24.3 Å². The topological polar surface area (TPSA) is 55.6 Å². The largest absolute Gasteiger partial charge is 0.497 e. The summed E-state index contributed by atoms with van der Waals surface area (Å²) in [7, 11) is 1.63. The molecule has 4 nitrogen and oxygen atoms in total. The first-order chi connectivity index (χ1) is 7.72. The fraction of sp³-hybridized carbons (Fsp3) is 0.364. The van der Waals surface area contributed by atoms with Crippen molar-refractivity contribution in [2.45, 2.75) is 5.37 Å². The minimum Gasteiger partial charge on any atom is -0.497 e. The van der Waals surface area contributed by atoms with Gasteiger partial charge in [0.05, 0.1) is 7.11 Å². The first kappa shape index (κ1) is 11.1. The van der Waals surface area contributed by atoms with E-state index in [0.717, 1.165) is 23.7 Å². The number of hydrogen-bond acceptors (Lipinski definition) is 4. The molecule has 0 aliphatic carbocycles. The van der Waals surface area contributed by atoms with Crippen LogP contribution in [-0.4, -0.2) is 30.7 Å². The van der Waals surface area contributed by atoms with E-state index in [0.29, 0.717) is 0 Å². The van der Waals surface area contributed by atoms with Crippen LogP contribution in [0.1, 0.15) is 0 Å². The van der Waals surface area contributed by atoms with E-state index in [1.807, 2.05) is 29.2 Å². The van der Waals surface area contributed by atoms with Gasteiger partial charge in [0.1, 0.15) is 5.75 Å². The Morgan fingerprint density at radius 3 is 2.75 bits per heavy atom. The fourth-order valence-electron chi connectivity index (χ4n) is 1.74. The lowest BCUT2D eigenvalue weighted by Crippen LogP contribution is -2.38. The number of nitrogens with zero attached hydrogens (tertiary/aromatic N) is 1. The second-order valence-electron chi connectivity index (χ2n) is 3.52. The van der Waals surface area contributed by atoms with Crippen molar-refractivity contribution in [1.29, 1.82) is 0 Å². The van der Waals surface area contributed by atoms with E-state index in [4.69, 9.17) is 10.5 Å². The van der Waals surface area contributed by atoms with E-state index in [2.05, 4.69) is 0 Å². The van der Waals surface area contributed by atoms with Gasteiger partial charge in [-0.2, -0.15) is 0 Å². The Hall–Kier alpha value is -1.36. The molecule has 1 saturated heterocycles. The number of thioether (sulfide) groups is 1. The van der Waals surface area contributed by atoms with Crippen LogP contribution in [0, 0.1) is 0 Å². The van der Waals surface area contributed by atoms with E-state index >= 15 is 0 Å². The lowest BCUT2D eigenvalue weighted by atomic mass is 10.2. The highest BCUT2D eigenvalue weighted by atomic mass is 32.2. The normalized spacial score (nSPS) is 19.8. The lowest BCUT2D eigenvalue weighted by molar-refractivity contribution is -0.117. The quantitative estimate of drug-likeness (QED) is 0.855. The summed E-state index contributed by atoms with van der Waals surface area (Å²) in [6.45, 7) is 0.852. The number of nitrogens with two attached hydrogens (primary N) is 1. The molecule has 1 aromatic carbocycles. The lowest BCUT2D eigenvalue weighted by Gasteiger charge is -2.23. The second kappa shape index (κ2) is 4.65. The third-order valence-electron chi connectivity index (χ3n) is 2.54. The van der Waals surface area contributed by atoms with Crippen LogP contribution < -0.4 is 15.4 Å². The molecule has 0 saturated carbocycles. The smallest absolute Gasteiger partial charge is 0.250 e. The molecule has 1 aliphatic rings. The highest BCUT2D eigenvalue weighted by Gasteiger charge is 2.29. The van der Waals surface area contributed by atoms with Gasteiger partial charge in [0.15, 0.2) is 5.37 Å². The van der Waals surface area contributed by atoms with E-state index in [1.54, 1.807) is 18.9 Å². The molecule has 1 amide bonds. The van der Waals surface area contributed by atoms with Gasteiger partial charge in [-0.1, -0.05) is 0 Å². The number of carbonyl (C=O) groups excluding carboxylic acids is 1. The van der Waals surface area contributed by atoms with Gasteiger partial charge < -0.3 is 15.4 Å². The zero-order valence-corrected chi connectivity index (χ0v) is 9.87. The van der Waals surface area contributed by atoms with Crippen LogP contribution in [0.3, 0.4) is 0 Å². The third kappa shape index (κ3) is 2.09. The summed E-state index contributed by atoms with van der Waals surface area (Å²) in [5.41, 5.74) is 6.36. The molecule has 5 heteroatoms. The zero-order chi connectivity index (χ0) is 11.5. The van der Waals surface area contributed by atoms with Crippen molar-refractivity contribution in [2.75, 3.05) is 24.3 Å². The molecule has 1 aromatic rings. The van der Waals surface area contributed by atoms with Crippen molar-refractivity contribution in [1.82, 2.24) is 0 Å². The minimum absolute atomic E-state index is 0.242. The Morgan fingerprint density at radius 1 is 1.50 bits per heavy atom. The Kier molecular flexibility index (Phi) is 3.24. The van der Waals surface area contributed by atoms with E-state index in [-0.39, 0.29) is 11.3 Å². The van der Waals surface area contributed by atoms with Crippen LogP contribution in [0.15, 0.2) is 24.3 Å². The zero-order valence-electron chi connectivity index (χ0n) is 9.05. The third-order valence-corrected chi connectivity index (χ3v) is 3.76. The molecule has 1 heterocycles. The Labute approximate surface area is 98.7 Å². The number of rotatable bonds is 3.